The molecule has 2 heterocycles. The fraction of sp³-hybridized carbons (Fsp3) is 0.636. The third-order valence-electron chi connectivity index (χ3n) is 8.31. The van der Waals surface area contributed by atoms with Crippen LogP contribution in [0, 0.1) is 6.92 Å². The zero-order valence-corrected chi connectivity index (χ0v) is 28.1. The van der Waals surface area contributed by atoms with Crippen LogP contribution >= 0.6 is 0 Å². The number of benzene rings is 1. The van der Waals surface area contributed by atoms with Crippen LogP contribution in [0.2, 0.25) is 0 Å². The number of amides is 2. The van der Waals surface area contributed by atoms with Crippen LogP contribution in [0.5, 0.6) is 0 Å². The third-order valence-corrected chi connectivity index (χ3v) is 9.88. The van der Waals surface area contributed by atoms with Crippen molar-refractivity contribution in [3.63, 3.8) is 0 Å². The van der Waals surface area contributed by atoms with Gasteiger partial charge in [-0.25, -0.2) is 8.42 Å². The number of carbonyl (C=O) groups is 3. The van der Waals surface area contributed by atoms with Crippen LogP contribution in [0.4, 0.5) is 5.69 Å². The van der Waals surface area contributed by atoms with Gasteiger partial charge in [-0.15, -0.1) is 0 Å². The van der Waals surface area contributed by atoms with Crippen LogP contribution in [-0.2, 0) is 33.9 Å². The van der Waals surface area contributed by atoms with Gasteiger partial charge in [0.1, 0.15) is 18.0 Å². The number of nitrogens with one attached hydrogen (secondary N) is 1. The highest BCUT2D eigenvalue weighted by atomic mass is 32.2. The van der Waals surface area contributed by atoms with E-state index in [1.807, 2.05) is 13.0 Å². The molecule has 2 amide bonds. The summed E-state index contributed by atoms with van der Waals surface area (Å²) in [7, 11) is -3.71. The summed E-state index contributed by atoms with van der Waals surface area (Å²) in [4.78, 5) is 42.3. The minimum Gasteiger partial charge on any atom is -0.463 e. The van der Waals surface area contributed by atoms with Crippen molar-refractivity contribution in [2.24, 2.45) is 4.99 Å². The monoisotopic (exact) mass is 646 g/mol. The van der Waals surface area contributed by atoms with Crippen molar-refractivity contribution in [1.29, 1.82) is 0 Å². The van der Waals surface area contributed by atoms with Gasteiger partial charge in [-0.3, -0.25) is 19.4 Å². The number of sulfonamides is 1. The summed E-state index contributed by atoms with van der Waals surface area (Å²) in [6.45, 7) is 8.29. The zero-order valence-electron chi connectivity index (χ0n) is 27.3. The standard InChI is InChI=1S/C33H50N4O7S/c1-5-6-7-8-9-10-11-12-31-34-32(40)33(35-31)16-18-36(19-17-33)45(41,42)24-15-29-13-14-30(25-26(29)2)37(27(3)38)20-21-43-22-23-44-28(4)39/h13-15,24-25H,5-12,16-23H2,1-4H3,(H,34,35,40). The number of esters is 1. The first-order valence-electron chi connectivity index (χ1n) is 16.2. The van der Waals surface area contributed by atoms with E-state index < -0.39 is 15.6 Å². The second kappa shape index (κ2) is 17.6. The lowest BCUT2D eigenvalue weighted by atomic mass is 9.89. The van der Waals surface area contributed by atoms with Crippen molar-refractivity contribution >= 4 is 45.4 Å². The summed E-state index contributed by atoms with van der Waals surface area (Å²) in [5, 5.41) is 4.16. The first-order valence-corrected chi connectivity index (χ1v) is 17.7. The van der Waals surface area contributed by atoms with Gasteiger partial charge in [0.25, 0.3) is 5.91 Å². The Morgan fingerprint density at radius 1 is 1.04 bits per heavy atom. The van der Waals surface area contributed by atoms with Gasteiger partial charge in [0, 0.05) is 51.0 Å². The molecule has 0 saturated carbocycles. The van der Waals surface area contributed by atoms with Gasteiger partial charge >= 0.3 is 5.97 Å². The average Bonchev–Trinajstić information content (AvgIpc) is 3.29. The number of hydrogen-bond donors (Lipinski definition) is 1. The number of nitrogens with zero attached hydrogens (tertiary/aromatic N) is 3. The van der Waals surface area contributed by atoms with Crippen molar-refractivity contribution < 1.29 is 32.3 Å². The number of hydrogen-bond acceptors (Lipinski definition) is 8. The molecule has 1 saturated heterocycles. The van der Waals surface area contributed by atoms with Crippen LogP contribution in [0.15, 0.2) is 28.6 Å². The van der Waals surface area contributed by atoms with Crippen LogP contribution in [0.25, 0.3) is 6.08 Å². The number of aryl methyl sites for hydroxylation is 1. The van der Waals surface area contributed by atoms with Gasteiger partial charge in [0.2, 0.25) is 15.9 Å². The van der Waals surface area contributed by atoms with E-state index in [9.17, 15) is 22.8 Å². The maximum atomic E-state index is 13.2. The first kappa shape index (κ1) is 36.4. The van der Waals surface area contributed by atoms with Crippen molar-refractivity contribution in [2.75, 3.05) is 44.4 Å². The predicted octanol–water partition coefficient (Wildman–Crippen LogP) is 4.73. The molecule has 0 unspecified atom stereocenters. The lowest BCUT2D eigenvalue weighted by molar-refractivity contribution is -0.142. The highest BCUT2D eigenvalue weighted by Gasteiger charge is 2.46. The van der Waals surface area contributed by atoms with E-state index >= 15 is 0 Å². The highest BCUT2D eigenvalue weighted by Crippen LogP contribution is 2.32. The van der Waals surface area contributed by atoms with Crippen LogP contribution in [0.3, 0.4) is 0 Å². The summed E-state index contributed by atoms with van der Waals surface area (Å²) < 4.78 is 38.1. The first-order chi connectivity index (χ1) is 21.5. The predicted molar refractivity (Wildman–Crippen MR) is 176 cm³/mol. The van der Waals surface area contributed by atoms with E-state index in [2.05, 4.69) is 12.2 Å². The minimum absolute atomic E-state index is 0.114. The summed E-state index contributed by atoms with van der Waals surface area (Å²) >= 11 is 0. The fourth-order valence-corrected chi connectivity index (χ4v) is 6.81. The van der Waals surface area contributed by atoms with Gasteiger partial charge in [-0.05, 0) is 55.5 Å². The molecule has 3 rings (SSSR count). The van der Waals surface area contributed by atoms with Crippen molar-refractivity contribution in [3.8, 4) is 0 Å². The maximum Gasteiger partial charge on any atom is 0.302 e. The molecular formula is C33H50N4O7S. The molecule has 2 aliphatic rings. The summed E-state index contributed by atoms with van der Waals surface area (Å²) in [5.74, 6) is 0.0916. The number of amidine groups is 1. The number of rotatable bonds is 18. The van der Waals surface area contributed by atoms with Gasteiger partial charge in [-0.2, -0.15) is 4.31 Å². The van der Waals surface area contributed by atoms with Gasteiger partial charge < -0.3 is 19.7 Å². The van der Waals surface area contributed by atoms with Crippen molar-refractivity contribution in [1.82, 2.24) is 9.62 Å². The normalized spacial score (nSPS) is 16.6. The zero-order chi connectivity index (χ0) is 32.9. The number of piperidine rings is 1. The van der Waals surface area contributed by atoms with Gasteiger partial charge in [0.05, 0.1) is 13.2 Å². The lowest BCUT2D eigenvalue weighted by Crippen LogP contribution is -2.50. The van der Waals surface area contributed by atoms with E-state index in [4.69, 9.17) is 14.5 Å². The maximum absolute atomic E-state index is 13.2. The van der Waals surface area contributed by atoms with E-state index in [0.29, 0.717) is 30.6 Å². The molecule has 1 aromatic carbocycles. The van der Waals surface area contributed by atoms with E-state index in [1.54, 1.807) is 23.1 Å². The second-order valence-corrected chi connectivity index (χ2v) is 13.6. The molecule has 1 N–H and O–H groups in total. The SMILES string of the molecule is CCCCCCCCCC1=NC2(CCN(S(=O)(=O)C=Cc3ccc(N(CCOCCOC(C)=O)C(C)=O)cc3C)CC2)C(=O)N1. The summed E-state index contributed by atoms with van der Waals surface area (Å²) in [6.07, 6.45) is 11.4. The molecule has 2 aliphatic heterocycles. The number of unbranched alkanes of at least 4 members (excludes halogenated alkanes) is 6. The lowest BCUT2D eigenvalue weighted by Gasteiger charge is -2.34. The van der Waals surface area contributed by atoms with Crippen molar-refractivity contribution in [2.45, 2.75) is 97.4 Å². The average molecular weight is 647 g/mol. The molecular weight excluding hydrogens is 596 g/mol. The van der Waals surface area contributed by atoms with Crippen molar-refractivity contribution in [3.05, 3.63) is 34.7 Å². The third kappa shape index (κ3) is 11.0. The smallest absolute Gasteiger partial charge is 0.302 e. The second-order valence-electron chi connectivity index (χ2n) is 11.8. The Morgan fingerprint density at radius 2 is 1.73 bits per heavy atom. The van der Waals surface area contributed by atoms with Crippen LogP contribution in [-0.4, -0.2) is 81.3 Å². The number of anilines is 1. The molecule has 0 aromatic heterocycles. The summed E-state index contributed by atoms with van der Waals surface area (Å²) in [5.41, 5.74) is 1.33. The minimum atomic E-state index is -3.71. The molecule has 11 nitrogen and oxygen atoms in total. The Morgan fingerprint density at radius 3 is 2.38 bits per heavy atom. The number of aliphatic imine (C=N–C) groups is 1. The van der Waals surface area contributed by atoms with E-state index in [-0.39, 0.29) is 50.7 Å². The molecule has 0 bridgehead atoms. The molecule has 0 atom stereocenters. The van der Waals surface area contributed by atoms with Crippen LogP contribution in [0.1, 0.15) is 96.1 Å². The van der Waals surface area contributed by atoms with E-state index in [0.717, 1.165) is 30.7 Å². The Labute approximate surface area is 268 Å². The fourth-order valence-electron chi connectivity index (χ4n) is 5.63. The Balaban J connectivity index is 1.52. The molecule has 250 valence electrons. The topological polar surface area (TPSA) is 135 Å². The molecule has 0 radical (unpaired) electrons. The van der Waals surface area contributed by atoms with E-state index in [1.165, 1.54) is 55.7 Å². The molecule has 1 aromatic rings. The highest BCUT2D eigenvalue weighted by molar-refractivity contribution is 7.92. The molecule has 0 aliphatic carbocycles. The summed E-state index contributed by atoms with van der Waals surface area (Å²) in [6, 6.07) is 5.38. The number of carbonyl (C=O) groups excluding carboxylic acids is 3. The van der Waals surface area contributed by atoms with Gasteiger partial charge in [0.15, 0.2) is 0 Å². The van der Waals surface area contributed by atoms with Gasteiger partial charge in [-0.1, -0.05) is 51.5 Å². The quantitative estimate of drug-likeness (QED) is 0.180. The van der Waals surface area contributed by atoms with Crippen LogP contribution < -0.4 is 10.2 Å². The molecule has 1 fully saturated rings. The number of ether oxygens (including phenoxy) is 2. The molecule has 1 spiro atoms. The molecule has 45 heavy (non-hydrogen) atoms. The Kier molecular flexibility index (Phi) is 14.2. The molecule has 12 heteroatoms. The Hall–Kier alpha value is -3.09. The Bertz CT molecular complexity index is 1330. The largest absolute Gasteiger partial charge is 0.463 e.